The molecule has 0 spiro atoms. The predicted molar refractivity (Wildman–Crippen MR) is 114 cm³/mol. The van der Waals surface area contributed by atoms with Gasteiger partial charge in [0.1, 0.15) is 0 Å². The Labute approximate surface area is 168 Å². The maximum atomic E-state index is 11.8. The number of aliphatic imine (C=N–C) groups is 1. The highest BCUT2D eigenvalue weighted by molar-refractivity contribution is 14.0. The normalized spacial score (nSPS) is 21.7. The Balaban J connectivity index is 0.00000288. The molecule has 2 fully saturated rings. The fraction of sp³-hybridized carbons (Fsp3) is 0.882. The number of nitrogens with zero attached hydrogens (tertiary/aromatic N) is 2. The topological polar surface area (TPSA) is 56.7 Å². The zero-order valence-corrected chi connectivity index (χ0v) is 18.2. The number of thioether (sulfide) groups is 1. The summed E-state index contributed by atoms with van der Waals surface area (Å²) in [6.45, 7) is 8.95. The first-order valence-corrected chi connectivity index (χ1v) is 10.2. The molecule has 1 unspecified atom stereocenters. The van der Waals surface area contributed by atoms with Gasteiger partial charge in [-0.25, -0.2) is 0 Å². The third-order valence-corrected chi connectivity index (χ3v) is 5.97. The van der Waals surface area contributed by atoms with Crippen molar-refractivity contribution in [1.29, 1.82) is 0 Å². The monoisotopic (exact) mass is 468 g/mol. The van der Waals surface area contributed by atoms with E-state index in [1.165, 1.54) is 18.6 Å². The number of amides is 1. The highest BCUT2D eigenvalue weighted by atomic mass is 127. The summed E-state index contributed by atoms with van der Waals surface area (Å²) in [4.78, 5) is 18.9. The smallest absolute Gasteiger partial charge is 0.223 e. The lowest BCUT2D eigenvalue weighted by molar-refractivity contribution is -0.127. The number of rotatable bonds is 7. The van der Waals surface area contributed by atoms with E-state index in [-0.39, 0.29) is 35.8 Å². The summed E-state index contributed by atoms with van der Waals surface area (Å²) in [5, 5.41) is 7.17. The Bertz CT molecular complexity index is 404. The van der Waals surface area contributed by atoms with Crippen LogP contribution in [0.15, 0.2) is 4.99 Å². The average Bonchev–Trinajstić information content (AvgIpc) is 2.52. The third-order valence-electron chi connectivity index (χ3n) is 4.60. The molecule has 2 rings (SSSR count). The molecule has 1 heterocycles. The molecule has 2 aliphatic rings. The number of nitrogens with one attached hydrogen (secondary N) is 2. The van der Waals surface area contributed by atoms with E-state index in [2.05, 4.69) is 41.1 Å². The van der Waals surface area contributed by atoms with Crippen molar-refractivity contribution in [3.05, 3.63) is 0 Å². The van der Waals surface area contributed by atoms with E-state index in [1.54, 1.807) is 0 Å². The molecule has 0 bridgehead atoms. The molecule has 0 aromatic carbocycles. The van der Waals surface area contributed by atoms with Gasteiger partial charge in [-0.1, -0.05) is 13.3 Å². The van der Waals surface area contributed by atoms with Crippen molar-refractivity contribution in [2.45, 2.75) is 51.2 Å². The van der Waals surface area contributed by atoms with Gasteiger partial charge in [-0.15, -0.1) is 24.0 Å². The van der Waals surface area contributed by atoms with Gasteiger partial charge >= 0.3 is 0 Å². The zero-order valence-electron chi connectivity index (χ0n) is 15.1. The van der Waals surface area contributed by atoms with E-state index in [4.69, 9.17) is 4.99 Å². The van der Waals surface area contributed by atoms with Gasteiger partial charge in [0.2, 0.25) is 5.91 Å². The summed E-state index contributed by atoms with van der Waals surface area (Å²) >= 11 is 2.08. The number of guanidine groups is 1. The molecule has 1 saturated carbocycles. The number of carbonyl (C=O) groups is 1. The molecule has 24 heavy (non-hydrogen) atoms. The molecule has 1 aliphatic carbocycles. The first-order chi connectivity index (χ1) is 11.2. The predicted octanol–water partition coefficient (Wildman–Crippen LogP) is 2.70. The highest BCUT2D eigenvalue weighted by Crippen LogP contribution is 2.26. The van der Waals surface area contributed by atoms with Gasteiger partial charge < -0.3 is 15.5 Å². The SMILES string of the molecule is CCNC(=NCCCNC(=O)C1CCC1)N1CCSC(CC)C1.I. The van der Waals surface area contributed by atoms with E-state index < -0.39 is 0 Å². The summed E-state index contributed by atoms with van der Waals surface area (Å²) < 4.78 is 0. The second-order valence-electron chi connectivity index (χ2n) is 6.36. The number of hydrogen-bond donors (Lipinski definition) is 2. The lowest BCUT2D eigenvalue weighted by Crippen LogP contribution is -2.48. The van der Waals surface area contributed by atoms with Crippen molar-refractivity contribution >= 4 is 47.6 Å². The highest BCUT2D eigenvalue weighted by Gasteiger charge is 2.24. The summed E-state index contributed by atoms with van der Waals surface area (Å²) in [7, 11) is 0. The van der Waals surface area contributed by atoms with E-state index in [0.29, 0.717) is 0 Å². The van der Waals surface area contributed by atoms with Crippen LogP contribution < -0.4 is 10.6 Å². The van der Waals surface area contributed by atoms with Gasteiger partial charge in [0, 0.05) is 49.6 Å². The van der Waals surface area contributed by atoms with Crippen LogP contribution in [0, 0.1) is 5.92 Å². The minimum absolute atomic E-state index is 0. The minimum Gasteiger partial charge on any atom is -0.357 e. The largest absolute Gasteiger partial charge is 0.357 e. The Morgan fingerprint density at radius 3 is 2.71 bits per heavy atom. The van der Waals surface area contributed by atoms with Crippen LogP contribution in [-0.2, 0) is 4.79 Å². The number of hydrogen-bond acceptors (Lipinski definition) is 3. The number of halogens is 1. The Hall–Kier alpha value is -0.180. The van der Waals surface area contributed by atoms with Crippen LogP contribution in [0.3, 0.4) is 0 Å². The third kappa shape index (κ3) is 6.98. The molecule has 1 amide bonds. The molecular weight excluding hydrogens is 435 g/mol. The summed E-state index contributed by atoms with van der Waals surface area (Å²) in [5.74, 6) is 2.75. The van der Waals surface area contributed by atoms with Gasteiger partial charge in [-0.3, -0.25) is 9.79 Å². The first kappa shape index (κ1) is 21.9. The summed E-state index contributed by atoms with van der Waals surface area (Å²) in [5.41, 5.74) is 0. The molecular formula is C17H33IN4OS. The van der Waals surface area contributed by atoms with Crippen LogP contribution in [0.4, 0.5) is 0 Å². The fourth-order valence-electron chi connectivity index (χ4n) is 2.87. The molecule has 0 aromatic rings. The summed E-state index contributed by atoms with van der Waals surface area (Å²) in [6, 6.07) is 0. The van der Waals surface area contributed by atoms with Crippen LogP contribution in [0.25, 0.3) is 0 Å². The fourth-order valence-corrected chi connectivity index (χ4v) is 4.06. The van der Waals surface area contributed by atoms with Crippen LogP contribution in [0.2, 0.25) is 0 Å². The van der Waals surface area contributed by atoms with E-state index in [0.717, 1.165) is 63.2 Å². The minimum atomic E-state index is 0. The molecule has 0 radical (unpaired) electrons. The molecule has 5 nitrogen and oxygen atoms in total. The van der Waals surface area contributed by atoms with Gasteiger partial charge in [0.05, 0.1) is 0 Å². The van der Waals surface area contributed by atoms with E-state index in [1.807, 2.05) is 0 Å². The molecule has 1 atom stereocenters. The molecule has 7 heteroatoms. The lowest BCUT2D eigenvalue weighted by Gasteiger charge is -2.34. The number of carbonyl (C=O) groups excluding carboxylic acids is 1. The Kier molecular flexibility index (Phi) is 11.1. The van der Waals surface area contributed by atoms with Crippen LogP contribution in [0.5, 0.6) is 0 Å². The van der Waals surface area contributed by atoms with Crippen LogP contribution in [-0.4, -0.2) is 60.5 Å². The molecule has 140 valence electrons. The van der Waals surface area contributed by atoms with Crippen LogP contribution in [0.1, 0.15) is 46.0 Å². The van der Waals surface area contributed by atoms with Crippen LogP contribution >= 0.6 is 35.7 Å². The Morgan fingerprint density at radius 2 is 2.08 bits per heavy atom. The molecule has 1 saturated heterocycles. The van der Waals surface area contributed by atoms with Crippen molar-refractivity contribution in [2.24, 2.45) is 10.9 Å². The van der Waals surface area contributed by atoms with Crippen molar-refractivity contribution in [3.63, 3.8) is 0 Å². The van der Waals surface area contributed by atoms with Crippen molar-refractivity contribution in [2.75, 3.05) is 38.5 Å². The van der Waals surface area contributed by atoms with Gasteiger partial charge in [0.25, 0.3) is 0 Å². The lowest BCUT2D eigenvalue weighted by atomic mass is 9.85. The zero-order chi connectivity index (χ0) is 16.5. The standard InChI is InChI=1S/C17H32N4OS.HI/c1-3-15-13-21(11-12-23-15)17(18-4-2)20-10-6-9-19-16(22)14-7-5-8-14;/h14-15H,3-13H2,1-2H3,(H,18,20)(H,19,22);1H. The van der Waals surface area contributed by atoms with Gasteiger partial charge in [-0.05, 0) is 32.6 Å². The van der Waals surface area contributed by atoms with E-state index in [9.17, 15) is 4.79 Å². The van der Waals surface area contributed by atoms with Crippen molar-refractivity contribution in [3.8, 4) is 0 Å². The quantitative estimate of drug-likeness (QED) is 0.261. The maximum absolute atomic E-state index is 11.8. The Morgan fingerprint density at radius 1 is 1.29 bits per heavy atom. The van der Waals surface area contributed by atoms with Crippen molar-refractivity contribution < 1.29 is 4.79 Å². The first-order valence-electron chi connectivity index (χ1n) is 9.17. The maximum Gasteiger partial charge on any atom is 0.223 e. The van der Waals surface area contributed by atoms with Crippen molar-refractivity contribution in [1.82, 2.24) is 15.5 Å². The second kappa shape index (κ2) is 12.2. The molecule has 1 aliphatic heterocycles. The second-order valence-corrected chi connectivity index (χ2v) is 7.76. The van der Waals surface area contributed by atoms with Gasteiger partial charge in [0.15, 0.2) is 5.96 Å². The van der Waals surface area contributed by atoms with E-state index >= 15 is 0 Å². The summed E-state index contributed by atoms with van der Waals surface area (Å²) in [6.07, 6.45) is 5.47. The van der Waals surface area contributed by atoms with Gasteiger partial charge in [-0.2, -0.15) is 11.8 Å². The molecule has 2 N–H and O–H groups in total. The molecule has 0 aromatic heterocycles. The average molecular weight is 468 g/mol.